The highest BCUT2D eigenvalue weighted by atomic mass is 16.6. The Bertz CT molecular complexity index is 448. The average molecular weight is 260 g/mol. The third-order valence-electron chi connectivity index (χ3n) is 4.37. The number of hydrogen-bond donors (Lipinski definition) is 0. The zero-order valence-electron chi connectivity index (χ0n) is 12.1. The third-order valence-corrected chi connectivity index (χ3v) is 4.37. The van der Waals surface area contributed by atoms with Crippen molar-refractivity contribution >= 4 is 13.8 Å². The summed E-state index contributed by atoms with van der Waals surface area (Å²) >= 11 is 0. The second-order valence-corrected chi connectivity index (χ2v) is 5.45. The molecule has 1 fully saturated rings. The molecular weight excluding hydrogens is 239 g/mol. The summed E-state index contributed by atoms with van der Waals surface area (Å²) in [6.45, 7) is 6.16. The Balaban J connectivity index is 2.15. The van der Waals surface area contributed by atoms with Gasteiger partial charge in [-0.2, -0.15) is 0 Å². The molecule has 4 atom stereocenters. The summed E-state index contributed by atoms with van der Waals surface area (Å²) < 4.78 is 11.7. The second-order valence-electron chi connectivity index (χ2n) is 5.45. The second kappa shape index (κ2) is 5.37. The molecule has 4 heteroatoms. The summed E-state index contributed by atoms with van der Waals surface area (Å²) in [6, 6.07) is 9.02. The molecular formula is C15H21BO3. The van der Waals surface area contributed by atoms with E-state index in [2.05, 4.69) is 13.8 Å². The Morgan fingerprint density at radius 1 is 1.42 bits per heavy atom. The van der Waals surface area contributed by atoms with Crippen LogP contribution >= 0.6 is 0 Å². The molecule has 0 radical (unpaired) electrons. The Kier molecular flexibility index (Phi) is 4.00. The van der Waals surface area contributed by atoms with Gasteiger partial charge in [-0.05, 0) is 25.5 Å². The summed E-state index contributed by atoms with van der Waals surface area (Å²) in [5.41, 5.74) is 0.0243. The largest absolute Gasteiger partial charge is 0.453 e. The van der Waals surface area contributed by atoms with Crippen LogP contribution in [-0.4, -0.2) is 31.5 Å². The molecule has 1 aliphatic rings. The highest BCUT2D eigenvalue weighted by Gasteiger charge is 2.51. The van der Waals surface area contributed by atoms with Gasteiger partial charge < -0.3 is 9.47 Å². The standard InChI is InChI=1S/C15H21BO3/c1-4-12-10(2)15(3,14(16)18-12)19-13(17)11-8-6-5-7-9-11/h5-10,12,14H,4,16H2,1-3H3/t10-,12-,14-,15-/m1/s1. The van der Waals surface area contributed by atoms with Gasteiger partial charge in [0.2, 0.25) is 0 Å². The fourth-order valence-electron chi connectivity index (χ4n) is 2.71. The van der Waals surface area contributed by atoms with Crippen molar-refractivity contribution < 1.29 is 14.3 Å². The van der Waals surface area contributed by atoms with Crippen molar-refractivity contribution in [1.29, 1.82) is 0 Å². The van der Waals surface area contributed by atoms with Crippen LogP contribution < -0.4 is 0 Å². The minimum Gasteiger partial charge on any atom is -0.453 e. The molecule has 0 unspecified atom stereocenters. The van der Waals surface area contributed by atoms with E-state index in [4.69, 9.17) is 9.47 Å². The first-order chi connectivity index (χ1) is 8.99. The highest BCUT2D eigenvalue weighted by molar-refractivity contribution is 6.12. The molecule has 1 aliphatic heterocycles. The number of carbonyl (C=O) groups excluding carboxylic acids is 1. The van der Waals surface area contributed by atoms with E-state index in [-0.39, 0.29) is 24.0 Å². The molecule has 0 bridgehead atoms. The van der Waals surface area contributed by atoms with Gasteiger partial charge in [-0.1, -0.05) is 32.0 Å². The predicted octanol–water partition coefficient (Wildman–Crippen LogP) is 2.01. The molecule has 0 N–H and O–H groups in total. The Hall–Kier alpha value is -1.29. The van der Waals surface area contributed by atoms with Gasteiger partial charge in [-0.15, -0.1) is 0 Å². The Morgan fingerprint density at radius 3 is 2.58 bits per heavy atom. The molecule has 19 heavy (non-hydrogen) atoms. The predicted molar refractivity (Wildman–Crippen MR) is 76.9 cm³/mol. The molecule has 1 aromatic rings. The van der Waals surface area contributed by atoms with Crippen LogP contribution in [0.25, 0.3) is 0 Å². The first-order valence-corrected chi connectivity index (χ1v) is 6.93. The number of hydrogen-bond acceptors (Lipinski definition) is 3. The lowest BCUT2D eigenvalue weighted by Crippen LogP contribution is -2.45. The molecule has 0 aliphatic carbocycles. The molecule has 2 rings (SSSR count). The maximum atomic E-state index is 12.2. The van der Waals surface area contributed by atoms with E-state index < -0.39 is 5.60 Å². The van der Waals surface area contributed by atoms with Gasteiger partial charge in [0.15, 0.2) is 0 Å². The molecule has 0 spiro atoms. The molecule has 1 heterocycles. The van der Waals surface area contributed by atoms with Gasteiger partial charge in [0.25, 0.3) is 0 Å². The van der Waals surface area contributed by atoms with E-state index in [0.717, 1.165) is 6.42 Å². The molecule has 0 aromatic heterocycles. The van der Waals surface area contributed by atoms with Crippen molar-refractivity contribution in [3.8, 4) is 0 Å². The van der Waals surface area contributed by atoms with Crippen LogP contribution in [0.15, 0.2) is 30.3 Å². The number of esters is 1. The van der Waals surface area contributed by atoms with E-state index in [1.807, 2.05) is 33.0 Å². The van der Waals surface area contributed by atoms with E-state index in [0.29, 0.717) is 5.56 Å². The summed E-state index contributed by atoms with van der Waals surface area (Å²) in [5.74, 6) is -0.0812. The van der Waals surface area contributed by atoms with Crippen LogP contribution in [0, 0.1) is 5.92 Å². The van der Waals surface area contributed by atoms with Crippen LogP contribution in [0.4, 0.5) is 0 Å². The number of carbonyl (C=O) groups is 1. The van der Waals surface area contributed by atoms with E-state index in [9.17, 15) is 4.79 Å². The quantitative estimate of drug-likeness (QED) is 0.616. The first-order valence-electron chi connectivity index (χ1n) is 6.93. The van der Waals surface area contributed by atoms with Crippen molar-refractivity contribution in [2.45, 2.75) is 44.9 Å². The van der Waals surface area contributed by atoms with Gasteiger partial charge in [-0.25, -0.2) is 4.79 Å². The summed E-state index contributed by atoms with van der Waals surface area (Å²) in [6.07, 6.45) is 1.09. The van der Waals surface area contributed by atoms with Crippen LogP contribution in [0.5, 0.6) is 0 Å². The monoisotopic (exact) mass is 260 g/mol. The first kappa shape index (κ1) is 14.1. The molecule has 1 aromatic carbocycles. The summed E-state index contributed by atoms with van der Waals surface area (Å²) in [4.78, 5) is 12.2. The zero-order chi connectivity index (χ0) is 14.0. The average Bonchev–Trinajstić information content (AvgIpc) is 2.64. The fraction of sp³-hybridized carbons (Fsp3) is 0.533. The topological polar surface area (TPSA) is 35.5 Å². The SMILES string of the molecule is B[C@@H]1O[C@H](CC)[C@@H](C)[C@@]1(C)OC(=O)c1ccccc1. The third kappa shape index (κ3) is 2.54. The lowest BCUT2D eigenvalue weighted by atomic mass is 9.77. The van der Waals surface area contributed by atoms with Crippen LogP contribution in [0.3, 0.4) is 0 Å². The maximum Gasteiger partial charge on any atom is 0.338 e. The van der Waals surface area contributed by atoms with Crippen molar-refractivity contribution in [3.63, 3.8) is 0 Å². The minimum atomic E-state index is -0.562. The van der Waals surface area contributed by atoms with Crippen molar-refractivity contribution in [2.75, 3.05) is 0 Å². The van der Waals surface area contributed by atoms with E-state index >= 15 is 0 Å². The number of benzene rings is 1. The lowest BCUT2D eigenvalue weighted by Gasteiger charge is -2.32. The van der Waals surface area contributed by atoms with Crippen molar-refractivity contribution in [3.05, 3.63) is 35.9 Å². The number of ether oxygens (including phenoxy) is 2. The zero-order valence-corrected chi connectivity index (χ0v) is 12.1. The molecule has 0 amide bonds. The van der Waals surface area contributed by atoms with Gasteiger partial charge in [-0.3, -0.25) is 0 Å². The van der Waals surface area contributed by atoms with Crippen LogP contribution in [-0.2, 0) is 9.47 Å². The fourth-order valence-corrected chi connectivity index (χ4v) is 2.71. The van der Waals surface area contributed by atoms with Crippen molar-refractivity contribution in [2.24, 2.45) is 5.92 Å². The normalized spacial score (nSPS) is 34.2. The Labute approximate surface area is 115 Å². The Morgan fingerprint density at radius 2 is 2.05 bits per heavy atom. The van der Waals surface area contributed by atoms with Gasteiger partial charge in [0, 0.05) is 5.92 Å². The van der Waals surface area contributed by atoms with Gasteiger partial charge in [0.05, 0.1) is 17.7 Å². The molecule has 0 saturated carbocycles. The summed E-state index contributed by atoms with van der Waals surface area (Å²) in [7, 11) is 1.98. The maximum absolute atomic E-state index is 12.2. The highest BCUT2D eigenvalue weighted by Crippen LogP contribution is 2.39. The smallest absolute Gasteiger partial charge is 0.338 e. The number of rotatable bonds is 3. The molecule has 3 nitrogen and oxygen atoms in total. The molecule has 102 valence electrons. The van der Waals surface area contributed by atoms with Crippen molar-refractivity contribution in [1.82, 2.24) is 0 Å². The van der Waals surface area contributed by atoms with Crippen LogP contribution in [0.1, 0.15) is 37.6 Å². The summed E-state index contributed by atoms with van der Waals surface area (Å²) in [5, 5.41) is 0. The minimum absolute atomic E-state index is 0.0832. The van der Waals surface area contributed by atoms with E-state index in [1.165, 1.54) is 0 Å². The van der Waals surface area contributed by atoms with Gasteiger partial charge in [0.1, 0.15) is 13.4 Å². The molecule has 1 saturated heterocycles. The van der Waals surface area contributed by atoms with E-state index in [1.54, 1.807) is 12.1 Å². The lowest BCUT2D eigenvalue weighted by molar-refractivity contribution is -0.0371. The van der Waals surface area contributed by atoms with Crippen LogP contribution in [0.2, 0.25) is 0 Å². The van der Waals surface area contributed by atoms with Gasteiger partial charge >= 0.3 is 5.97 Å².